The molecule has 0 atom stereocenters. The molecule has 2 N–H and O–H groups in total. The van der Waals surface area contributed by atoms with Crippen LogP contribution >= 0.6 is 23.8 Å². The van der Waals surface area contributed by atoms with Crippen molar-refractivity contribution in [3.63, 3.8) is 0 Å². The van der Waals surface area contributed by atoms with Gasteiger partial charge in [0.2, 0.25) is 10.0 Å². The van der Waals surface area contributed by atoms with Crippen molar-refractivity contribution in [3.05, 3.63) is 28.0 Å². The van der Waals surface area contributed by atoms with Crippen molar-refractivity contribution < 1.29 is 8.42 Å². The zero-order valence-corrected chi connectivity index (χ0v) is 12.7. The number of sulfonamides is 1. The minimum absolute atomic E-state index is 0.383. The molecule has 1 aromatic heterocycles. The van der Waals surface area contributed by atoms with Crippen molar-refractivity contribution in [2.24, 2.45) is 0 Å². The van der Waals surface area contributed by atoms with Gasteiger partial charge in [0.25, 0.3) is 0 Å². The molecule has 2 aromatic rings. The van der Waals surface area contributed by atoms with Crippen LogP contribution in [0.3, 0.4) is 0 Å². The van der Waals surface area contributed by atoms with Gasteiger partial charge in [-0.15, -0.1) is 0 Å². The van der Waals surface area contributed by atoms with E-state index < -0.39 is 10.0 Å². The maximum absolute atomic E-state index is 11.0. The normalized spacial score (nSPS) is 12.1. The van der Waals surface area contributed by atoms with Gasteiger partial charge in [-0.25, -0.2) is 13.1 Å². The molecule has 19 heavy (non-hydrogen) atoms. The maximum Gasteiger partial charge on any atom is 0.208 e. The number of H-pyrrole nitrogens is 1. The van der Waals surface area contributed by atoms with Crippen LogP contribution in [0.1, 0.15) is 6.42 Å². The minimum Gasteiger partial charge on any atom is -0.331 e. The summed E-state index contributed by atoms with van der Waals surface area (Å²) >= 11 is 11.2. The summed E-state index contributed by atoms with van der Waals surface area (Å²) in [5, 5.41) is 0.643. The summed E-state index contributed by atoms with van der Waals surface area (Å²) in [5.41, 5.74) is 1.85. The lowest BCUT2D eigenvalue weighted by Gasteiger charge is -2.05. The van der Waals surface area contributed by atoms with E-state index in [0.29, 0.717) is 29.3 Å². The number of aryl methyl sites for hydroxylation is 1. The zero-order chi connectivity index (χ0) is 14.0. The maximum atomic E-state index is 11.0. The minimum atomic E-state index is -3.14. The number of rotatable bonds is 5. The molecule has 2 rings (SSSR count). The van der Waals surface area contributed by atoms with Gasteiger partial charge in [-0.3, -0.25) is 0 Å². The molecule has 0 aliphatic carbocycles. The molecule has 1 aromatic carbocycles. The summed E-state index contributed by atoms with van der Waals surface area (Å²) in [7, 11) is -3.14. The van der Waals surface area contributed by atoms with Gasteiger partial charge in [-0.2, -0.15) is 0 Å². The van der Waals surface area contributed by atoms with E-state index in [1.807, 2.05) is 16.7 Å². The Morgan fingerprint density at radius 2 is 2.21 bits per heavy atom. The zero-order valence-electron chi connectivity index (χ0n) is 10.3. The topological polar surface area (TPSA) is 66.9 Å². The van der Waals surface area contributed by atoms with Gasteiger partial charge in [0.15, 0.2) is 4.77 Å². The summed E-state index contributed by atoms with van der Waals surface area (Å²) in [4.78, 5) is 3.09. The number of nitrogens with zero attached hydrogens (tertiary/aromatic N) is 1. The Kier molecular flexibility index (Phi) is 4.29. The molecule has 0 aliphatic rings. The second-order valence-electron chi connectivity index (χ2n) is 4.26. The molecule has 0 saturated heterocycles. The molecule has 0 spiro atoms. The number of nitrogens with one attached hydrogen (secondary N) is 2. The average molecular weight is 320 g/mol. The molecule has 0 amide bonds. The Balaban J connectivity index is 2.14. The van der Waals surface area contributed by atoms with Crippen molar-refractivity contribution in [1.29, 1.82) is 0 Å². The number of hydrogen-bond donors (Lipinski definition) is 2. The second-order valence-corrected chi connectivity index (χ2v) is 6.92. The number of fused-ring (bicyclic) bond motifs is 1. The number of aromatic nitrogens is 2. The van der Waals surface area contributed by atoms with E-state index in [1.54, 1.807) is 6.07 Å². The molecular weight excluding hydrogens is 306 g/mol. The Morgan fingerprint density at radius 3 is 2.89 bits per heavy atom. The summed E-state index contributed by atoms with van der Waals surface area (Å²) in [6, 6.07) is 5.51. The first kappa shape index (κ1) is 14.5. The Hall–Kier alpha value is -0.890. The van der Waals surface area contributed by atoms with Crippen LogP contribution in [0.25, 0.3) is 11.0 Å². The fourth-order valence-corrected chi connectivity index (χ4v) is 2.82. The first-order valence-electron chi connectivity index (χ1n) is 5.69. The SMILES string of the molecule is CS(=O)(=O)NCCCn1c(=S)[nH]c2ccc(Cl)cc21. The molecular formula is C11H14ClN3O2S2. The van der Waals surface area contributed by atoms with Gasteiger partial charge >= 0.3 is 0 Å². The van der Waals surface area contributed by atoms with Crippen molar-refractivity contribution in [1.82, 2.24) is 14.3 Å². The fourth-order valence-electron chi connectivity index (χ4n) is 1.84. The highest BCUT2D eigenvalue weighted by Gasteiger charge is 2.05. The summed E-state index contributed by atoms with van der Waals surface area (Å²) in [6.45, 7) is 1.01. The van der Waals surface area contributed by atoms with E-state index in [-0.39, 0.29) is 0 Å². The fraction of sp³-hybridized carbons (Fsp3) is 0.364. The standard InChI is InChI=1S/C11H14ClN3O2S2/c1-19(16,17)13-5-2-6-15-10-7-8(12)3-4-9(10)14-11(15)18/h3-4,7,13H,2,5-6H2,1H3,(H,14,18). The molecule has 104 valence electrons. The van der Waals surface area contributed by atoms with E-state index in [0.717, 1.165) is 17.3 Å². The van der Waals surface area contributed by atoms with Crippen molar-refractivity contribution in [2.45, 2.75) is 13.0 Å². The van der Waals surface area contributed by atoms with Crippen LogP contribution in [-0.2, 0) is 16.6 Å². The van der Waals surface area contributed by atoms with E-state index in [1.165, 1.54) is 0 Å². The van der Waals surface area contributed by atoms with Crippen LogP contribution in [-0.4, -0.2) is 30.8 Å². The van der Waals surface area contributed by atoms with E-state index in [4.69, 9.17) is 23.8 Å². The molecule has 1 heterocycles. The van der Waals surface area contributed by atoms with Crippen LogP contribution in [0.5, 0.6) is 0 Å². The van der Waals surface area contributed by atoms with Gasteiger partial charge in [0.05, 0.1) is 17.3 Å². The molecule has 0 bridgehead atoms. The number of aromatic amines is 1. The van der Waals surface area contributed by atoms with Gasteiger partial charge < -0.3 is 9.55 Å². The number of benzene rings is 1. The number of imidazole rings is 1. The van der Waals surface area contributed by atoms with Crippen LogP contribution in [0, 0.1) is 4.77 Å². The van der Waals surface area contributed by atoms with Crippen LogP contribution in [0.15, 0.2) is 18.2 Å². The molecule has 0 saturated carbocycles. The summed E-state index contributed by atoms with van der Waals surface area (Å²) in [5.74, 6) is 0. The van der Waals surface area contributed by atoms with E-state index >= 15 is 0 Å². The van der Waals surface area contributed by atoms with Gasteiger partial charge in [0.1, 0.15) is 0 Å². The predicted molar refractivity (Wildman–Crippen MR) is 79.6 cm³/mol. The van der Waals surface area contributed by atoms with Gasteiger partial charge in [-0.05, 0) is 36.8 Å². The molecule has 8 heteroatoms. The summed E-state index contributed by atoms with van der Waals surface area (Å²) < 4.78 is 26.9. The smallest absolute Gasteiger partial charge is 0.208 e. The lowest BCUT2D eigenvalue weighted by atomic mass is 10.3. The largest absolute Gasteiger partial charge is 0.331 e. The third kappa shape index (κ3) is 3.79. The van der Waals surface area contributed by atoms with Gasteiger partial charge in [0, 0.05) is 18.1 Å². The molecule has 0 radical (unpaired) electrons. The predicted octanol–water partition coefficient (Wildman–Crippen LogP) is 2.29. The van der Waals surface area contributed by atoms with Crippen molar-refractivity contribution in [3.8, 4) is 0 Å². The highest BCUT2D eigenvalue weighted by molar-refractivity contribution is 7.88. The third-order valence-electron chi connectivity index (χ3n) is 2.66. The highest BCUT2D eigenvalue weighted by atomic mass is 35.5. The van der Waals surface area contributed by atoms with Gasteiger partial charge in [-0.1, -0.05) is 11.6 Å². The molecule has 5 nitrogen and oxygen atoms in total. The Labute approximate surface area is 121 Å². The molecule has 0 unspecified atom stereocenters. The lowest BCUT2D eigenvalue weighted by molar-refractivity contribution is 0.576. The van der Waals surface area contributed by atoms with E-state index in [2.05, 4.69) is 9.71 Å². The third-order valence-corrected chi connectivity index (χ3v) is 3.95. The first-order valence-corrected chi connectivity index (χ1v) is 8.37. The first-order chi connectivity index (χ1) is 8.87. The molecule has 0 aliphatic heterocycles. The van der Waals surface area contributed by atoms with Crippen LogP contribution in [0.4, 0.5) is 0 Å². The Bertz CT molecular complexity index is 749. The summed E-state index contributed by atoms with van der Waals surface area (Å²) in [6.07, 6.45) is 1.80. The van der Waals surface area contributed by atoms with Crippen LogP contribution in [0.2, 0.25) is 5.02 Å². The highest BCUT2D eigenvalue weighted by Crippen LogP contribution is 2.19. The van der Waals surface area contributed by atoms with Crippen molar-refractivity contribution in [2.75, 3.05) is 12.8 Å². The molecule has 0 fully saturated rings. The average Bonchev–Trinajstić information content (AvgIpc) is 2.59. The monoisotopic (exact) mass is 319 g/mol. The number of halogens is 1. The Morgan fingerprint density at radius 1 is 1.47 bits per heavy atom. The van der Waals surface area contributed by atoms with Crippen LogP contribution < -0.4 is 4.72 Å². The second kappa shape index (κ2) is 5.62. The van der Waals surface area contributed by atoms with E-state index in [9.17, 15) is 8.42 Å². The number of hydrogen-bond acceptors (Lipinski definition) is 3. The lowest BCUT2D eigenvalue weighted by Crippen LogP contribution is -2.23. The quantitative estimate of drug-likeness (QED) is 0.656. The van der Waals surface area contributed by atoms with Crippen molar-refractivity contribution >= 4 is 44.9 Å².